The molecule has 0 saturated carbocycles. The fraction of sp³-hybridized carbons (Fsp3) is 0.0769. The predicted octanol–water partition coefficient (Wildman–Crippen LogP) is 1.90. The summed E-state index contributed by atoms with van der Waals surface area (Å²) in [5.74, 6) is -0.237. The van der Waals surface area contributed by atoms with Crippen LogP contribution in [-0.4, -0.2) is 5.91 Å². The van der Waals surface area contributed by atoms with Crippen LogP contribution in [0.1, 0.15) is 15.9 Å². The quantitative estimate of drug-likeness (QED) is 0.679. The van der Waals surface area contributed by atoms with E-state index in [0.29, 0.717) is 21.9 Å². The number of benzene rings is 1. The summed E-state index contributed by atoms with van der Waals surface area (Å²) >= 11 is 5.92. The van der Waals surface area contributed by atoms with Crippen LogP contribution in [0.25, 0.3) is 0 Å². The molecule has 18 heavy (non-hydrogen) atoms. The van der Waals surface area contributed by atoms with Gasteiger partial charge in [-0.05, 0) is 17.7 Å². The second-order valence-corrected chi connectivity index (χ2v) is 4.14. The molecule has 0 aliphatic rings. The Morgan fingerprint density at radius 2 is 1.89 bits per heavy atom. The van der Waals surface area contributed by atoms with Gasteiger partial charge in [0.2, 0.25) is 0 Å². The molecule has 2 rings (SSSR count). The highest BCUT2D eigenvalue weighted by Crippen LogP contribution is 2.14. The minimum absolute atomic E-state index is 0.237. The SMILES string of the molecule is O=C(NCc1cc[n+]([O-])cc1)c1ccccc1Cl. The van der Waals surface area contributed by atoms with Crippen molar-refractivity contribution in [2.45, 2.75) is 6.54 Å². The molecule has 2 aromatic rings. The number of amides is 1. The molecule has 0 fully saturated rings. The van der Waals surface area contributed by atoms with E-state index in [1.807, 2.05) is 0 Å². The van der Waals surface area contributed by atoms with Crippen LogP contribution in [0.5, 0.6) is 0 Å². The maximum absolute atomic E-state index is 11.8. The van der Waals surface area contributed by atoms with E-state index >= 15 is 0 Å². The standard InChI is InChI=1S/C13H11ClN2O2/c14-12-4-2-1-3-11(12)13(17)15-9-10-5-7-16(18)8-6-10/h1-8H,9H2,(H,15,17). The van der Waals surface area contributed by atoms with Crippen LogP contribution in [0, 0.1) is 5.21 Å². The number of nitrogens with one attached hydrogen (secondary N) is 1. The lowest BCUT2D eigenvalue weighted by Crippen LogP contribution is -2.26. The molecule has 5 heteroatoms. The monoisotopic (exact) mass is 262 g/mol. The van der Waals surface area contributed by atoms with Crippen molar-refractivity contribution >= 4 is 17.5 Å². The summed E-state index contributed by atoms with van der Waals surface area (Å²) in [5, 5.41) is 14.0. The van der Waals surface area contributed by atoms with Gasteiger partial charge in [-0.2, -0.15) is 4.73 Å². The molecule has 0 aliphatic carbocycles. The largest absolute Gasteiger partial charge is 0.619 e. The number of halogens is 1. The molecule has 0 radical (unpaired) electrons. The number of hydrogen-bond acceptors (Lipinski definition) is 2. The van der Waals surface area contributed by atoms with Crippen molar-refractivity contribution in [1.82, 2.24) is 5.32 Å². The number of hydrogen-bond donors (Lipinski definition) is 1. The van der Waals surface area contributed by atoms with Crippen LogP contribution in [-0.2, 0) is 6.54 Å². The summed E-state index contributed by atoms with van der Waals surface area (Å²) in [7, 11) is 0. The van der Waals surface area contributed by atoms with Gasteiger partial charge in [0, 0.05) is 18.7 Å². The predicted molar refractivity (Wildman–Crippen MR) is 68.0 cm³/mol. The average Bonchev–Trinajstić information content (AvgIpc) is 2.38. The van der Waals surface area contributed by atoms with Crippen molar-refractivity contribution in [2.75, 3.05) is 0 Å². The van der Waals surface area contributed by atoms with Gasteiger partial charge in [0.05, 0.1) is 10.6 Å². The third kappa shape index (κ3) is 2.99. The molecule has 0 saturated heterocycles. The van der Waals surface area contributed by atoms with Crippen molar-refractivity contribution in [2.24, 2.45) is 0 Å². The highest BCUT2D eigenvalue weighted by molar-refractivity contribution is 6.33. The van der Waals surface area contributed by atoms with E-state index in [4.69, 9.17) is 11.6 Å². The lowest BCUT2D eigenvalue weighted by atomic mass is 10.2. The fourth-order valence-electron chi connectivity index (χ4n) is 1.48. The van der Waals surface area contributed by atoms with Gasteiger partial charge in [0.15, 0.2) is 12.4 Å². The van der Waals surface area contributed by atoms with Crippen LogP contribution in [0.15, 0.2) is 48.8 Å². The molecule has 0 atom stereocenters. The van der Waals surface area contributed by atoms with Gasteiger partial charge in [-0.25, -0.2) is 0 Å². The molecule has 0 bridgehead atoms. The Bertz CT molecular complexity index is 555. The van der Waals surface area contributed by atoms with Crippen molar-refractivity contribution in [3.05, 3.63) is 70.1 Å². The maximum Gasteiger partial charge on any atom is 0.253 e. The smallest absolute Gasteiger partial charge is 0.253 e. The van der Waals surface area contributed by atoms with Crippen molar-refractivity contribution in [1.29, 1.82) is 0 Å². The number of nitrogens with zero attached hydrogens (tertiary/aromatic N) is 1. The molecule has 1 aromatic heterocycles. The molecular formula is C13H11ClN2O2. The van der Waals surface area contributed by atoms with Crippen molar-refractivity contribution in [3.63, 3.8) is 0 Å². The molecule has 0 aliphatic heterocycles. The van der Waals surface area contributed by atoms with E-state index in [9.17, 15) is 10.0 Å². The Kier molecular flexibility index (Phi) is 3.79. The third-order valence-electron chi connectivity index (χ3n) is 2.44. The molecule has 92 valence electrons. The summed E-state index contributed by atoms with van der Waals surface area (Å²) < 4.78 is 0.694. The van der Waals surface area contributed by atoms with Crippen LogP contribution < -0.4 is 10.0 Å². The van der Waals surface area contributed by atoms with Crippen LogP contribution in [0.2, 0.25) is 5.02 Å². The Hall–Kier alpha value is -2.07. The van der Waals surface area contributed by atoms with E-state index in [0.717, 1.165) is 5.56 Å². The molecule has 1 aromatic carbocycles. The summed E-state index contributed by atoms with van der Waals surface area (Å²) in [4.78, 5) is 11.8. The van der Waals surface area contributed by atoms with Crippen LogP contribution in [0.3, 0.4) is 0 Å². The van der Waals surface area contributed by atoms with E-state index in [-0.39, 0.29) is 5.91 Å². The zero-order valence-corrected chi connectivity index (χ0v) is 10.2. The van der Waals surface area contributed by atoms with Crippen molar-refractivity contribution in [3.8, 4) is 0 Å². The second kappa shape index (κ2) is 5.51. The first-order chi connectivity index (χ1) is 8.66. The fourth-order valence-corrected chi connectivity index (χ4v) is 1.71. The van der Waals surface area contributed by atoms with Crippen LogP contribution in [0.4, 0.5) is 0 Å². The van der Waals surface area contributed by atoms with Gasteiger partial charge in [-0.15, -0.1) is 0 Å². The zero-order valence-electron chi connectivity index (χ0n) is 9.47. The number of aromatic nitrogens is 1. The zero-order chi connectivity index (χ0) is 13.0. The Labute approximate surface area is 109 Å². The summed E-state index contributed by atoms with van der Waals surface area (Å²) in [5.41, 5.74) is 1.29. The maximum atomic E-state index is 11.8. The van der Waals surface area contributed by atoms with Gasteiger partial charge in [-0.3, -0.25) is 4.79 Å². The van der Waals surface area contributed by atoms with E-state index in [2.05, 4.69) is 5.32 Å². The lowest BCUT2D eigenvalue weighted by molar-refractivity contribution is -0.605. The van der Waals surface area contributed by atoms with Gasteiger partial charge in [0.25, 0.3) is 5.91 Å². The molecule has 1 N–H and O–H groups in total. The summed E-state index contributed by atoms with van der Waals surface area (Å²) in [6.45, 7) is 0.352. The number of rotatable bonds is 3. The van der Waals surface area contributed by atoms with E-state index < -0.39 is 0 Å². The number of pyridine rings is 1. The average molecular weight is 263 g/mol. The normalized spacial score (nSPS) is 10.1. The first kappa shape index (κ1) is 12.4. The molecule has 0 unspecified atom stereocenters. The van der Waals surface area contributed by atoms with Crippen LogP contribution >= 0.6 is 11.6 Å². The minimum atomic E-state index is -0.237. The minimum Gasteiger partial charge on any atom is -0.619 e. The third-order valence-corrected chi connectivity index (χ3v) is 2.77. The number of carbonyl (C=O) groups excluding carboxylic acids is 1. The first-order valence-electron chi connectivity index (χ1n) is 5.37. The highest BCUT2D eigenvalue weighted by Gasteiger charge is 2.08. The molecular weight excluding hydrogens is 252 g/mol. The Balaban J connectivity index is 2.01. The molecule has 4 nitrogen and oxygen atoms in total. The summed E-state index contributed by atoms with van der Waals surface area (Å²) in [6, 6.07) is 10.2. The summed E-state index contributed by atoms with van der Waals surface area (Å²) in [6.07, 6.45) is 2.77. The van der Waals surface area contributed by atoms with Gasteiger partial charge < -0.3 is 10.5 Å². The highest BCUT2D eigenvalue weighted by atomic mass is 35.5. The molecule has 1 amide bonds. The van der Waals surface area contributed by atoms with Crippen molar-refractivity contribution < 1.29 is 9.52 Å². The molecule has 1 heterocycles. The van der Waals surface area contributed by atoms with Gasteiger partial charge in [0.1, 0.15) is 0 Å². The lowest BCUT2D eigenvalue weighted by Gasteiger charge is -2.06. The van der Waals surface area contributed by atoms with Gasteiger partial charge in [-0.1, -0.05) is 23.7 Å². The Morgan fingerprint density at radius 1 is 1.22 bits per heavy atom. The van der Waals surface area contributed by atoms with E-state index in [1.165, 1.54) is 12.4 Å². The molecule has 0 spiro atoms. The van der Waals surface area contributed by atoms with Gasteiger partial charge >= 0.3 is 0 Å². The topological polar surface area (TPSA) is 56.0 Å². The second-order valence-electron chi connectivity index (χ2n) is 3.73. The number of carbonyl (C=O) groups is 1. The first-order valence-corrected chi connectivity index (χ1v) is 5.75. The Morgan fingerprint density at radius 3 is 2.56 bits per heavy atom. The van der Waals surface area contributed by atoms with E-state index in [1.54, 1.807) is 36.4 Å².